The van der Waals surface area contributed by atoms with Crippen LogP contribution in [0.4, 0.5) is 0 Å². The van der Waals surface area contributed by atoms with Crippen LogP contribution in [0.15, 0.2) is 12.2 Å². The third kappa shape index (κ3) is 1.69. The molecule has 2 atom stereocenters. The predicted octanol–water partition coefficient (Wildman–Crippen LogP) is 1.96. The van der Waals surface area contributed by atoms with E-state index in [1.54, 1.807) is 0 Å². The lowest BCUT2D eigenvalue weighted by Crippen LogP contribution is -2.31. The number of likely N-dealkylation sites (tertiary alicyclic amines) is 1. The Morgan fingerprint density at radius 3 is 2.83 bits per heavy atom. The molecule has 2 heteroatoms. The molecule has 1 heterocycles. The number of nitrogens with zero attached hydrogens (tertiary/aromatic N) is 1. The summed E-state index contributed by atoms with van der Waals surface area (Å²) in [6.45, 7) is 2.50. The van der Waals surface area contributed by atoms with E-state index >= 15 is 0 Å². The van der Waals surface area contributed by atoms with Crippen LogP contribution in [0.3, 0.4) is 0 Å². The molecule has 1 saturated carbocycles. The summed E-state index contributed by atoms with van der Waals surface area (Å²) in [5.41, 5.74) is 0. The van der Waals surface area contributed by atoms with Crippen LogP contribution in [0.5, 0.6) is 0 Å². The highest BCUT2D eigenvalue weighted by Crippen LogP contribution is 2.36. The lowest BCUT2D eigenvalue weighted by Gasteiger charge is -2.25. The van der Waals surface area contributed by atoms with Gasteiger partial charge in [0.1, 0.15) is 0 Å². The van der Waals surface area contributed by atoms with Gasteiger partial charge in [-0.15, -0.1) is 0 Å². The van der Waals surface area contributed by atoms with Gasteiger partial charge >= 0.3 is 0 Å². The number of hydrogen-bond donors (Lipinski definition) is 1. The Balaban J connectivity index is 1.79. The lowest BCUT2D eigenvalue weighted by atomic mass is 10.1. The summed E-state index contributed by atoms with van der Waals surface area (Å²) < 4.78 is 0. The summed E-state index contributed by atoms with van der Waals surface area (Å²) in [6, 6.07) is 0.916. The molecular formula is C10H17NS. The van der Waals surface area contributed by atoms with Gasteiger partial charge in [-0.2, -0.15) is 12.6 Å². The Bertz CT molecular complexity index is 179. The van der Waals surface area contributed by atoms with Crippen molar-refractivity contribution in [3.63, 3.8) is 0 Å². The zero-order valence-corrected chi connectivity index (χ0v) is 8.34. The standard InChI is InChI=1S/C10H17NS/c12-6-2-1-5-11-8-9-3-4-10(11)7-9/h1-2,9-10,12H,3-8H2. The molecule has 2 aliphatic rings. The second-order valence-electron chi connectivity index (χ2n) is 3.94. The zero-order valence-electron chi connectivity index (χ0n) is 7.45. The number of rotatable bonds is 3. The van der Waals surface area contributed by atoms with Crippen LogP contribution in [0.25, 0.3) is 0 Å². The monoisotopic (exact) mass is 183 g/mol. The molecule has 0 N–H and O–H groups in total. The Hall–Kier alpha value is 0.0500. The number of piperidine rings is 1. The van der Waals surface area contributed by atoms with E-state index in [0.717, 1.165) is 24.3 Å². The van der Waals surface area contributed by atoms with Gasteiger partial charge in [0.25, 0.3) is 0 Å². The molecule has 0 aromatic carbocycles. The zero-order chi connectivity index (χ0) is 8.39. The van der Waals surface area contributed by atoms with E-state index in [4.69, 9.17) is 0 Å². The molecule has 2 fully saturated rings. The van der Waals surface area contributed by atoms with Crippen molar-refractivity contribution >= 4 is 12.6 Å². The first kappa shape index (κ1) is 8.64. The maximum atomic E-state index is 4.15. The fraction of sp³-hybridized carbons (Fsp3) is 0.800. The first-order chi connectivity index (χ1) is 5.90. The molecule has 2 rings (SSSR count). The van der Waals surface area contributed by atoms with Crippen molar-refractivity contribution < 1.29 is 0 Å². The average molecular weight is 183 g/mol. The van der Waals surface area contributed by atoms with Gasteiger partial charge in [0.2, 0.25) is 0 Å². The molecule has 0 amide bonds. The summed E-state index contributed by atoms with van der Waals surface area (Å²) in [5, 5.41) is 0. The minimum atomic E-state index is 0.877. The van der Waals surface area contributed by atoms with Crippen LogP contribution in [-0.2, 0) is 0 Å². The van der Waals surface area contributed by atoms with Gasteiger partial charge in [0, 0.05) is 24.9 Å². The van der Waals surface area contributed by atoms with Gasteiger partial charge in [-0.25, -0.2) is 0 Å². The summed E-state index contributed by atoms with van der Waals surface area (Å²) in [7, 11) is 0. The first-order valence-electron chi connectivity index (χ1n) is 4.90. The van der Waals surface area contributed by atoms with E-state index in [1.165, 1.54) is 25.8 Å². The number of thiol groups is 1. The van der Waals surface area contributed by atoms with Gasteiger partial charge in [-0.05, 0) is 25.2 Å². The van der Waals surface area contributed by atoms with Gasteiger partial charge in [0.05, 0.1) is 0 Å². The molecule has 68 valence electrons. The Morgan fingerprint density at radius 2 is 2.25 bits per heavy atom. The van der Waals surface area contributed by atoms with Gasteiger partial charge in [-0.3, -0.25) is 4.90 Å². The van der Waals surface area contributed by atoms with Crippen molar-refractivity contribution in [3.8, 4) is 0 Å². The first-order valence-corrected chi connectivity index (χ1v) is 5.53. The molecule has 1 aliphatic heterocycles. The van der Waals surface area contributed by atoms with E-state index in [9.17, 15) is 0 Å². The molecule has 1 nitrogen and oxygen atoms in total. The Kier molecular flexibility index (Phi) is 2.76. The quantitative estimate of drug-likeness (QED) is 0.517. The summed E-state index contributed by atoms with van der Waals surface area (Å²) in [5.74, 6) is 1.90. The SMILES string of the molecule is SCC=CCN1CC2CCC1C2. The number of fused-ring (bicyclic) bond motifs is 2. The molecule has 0 radical (unpaired) electrons. The number of hydrogen-bond acceptors (Lipinski definition) is 2. The minimum Gasteiger partial charge on any atom is -0.296 e. The molecule has 0 spiro atoms. The van der Waals surface area contributed by atoms with Crippen LogP contribution < -0.4 is 0 Å². The van der Waals surface area contributed by atoms with Crippen molar-refractivity contribution in [3.05, 3.63) is 12.2 Å². The normalized spacial score (nSPS) is 35.4. The topological polar surface area (TPSA) is 3.24 Å². The molecule has 2 unspecified atom stereocenters. The van der Waals surface area contributed by atoms with E-state index < -0.39 is 0 Å². The molecule has 0 aromatic heterocycles. The van der Waals surface area contributed by atoms with Crippen LogP contribution in [0, 0.1) is 5.92 Å². The lowest BCUT2D eigenvalue weighted by molar-refractivity contribution is 0.236. The highest BCUT2D eigenvalue weighted by atomic mass is 32.1. The van der Waals surface area contributed by atoms with Crippen LogP contribution in [0.1, 0.15) is 19.3 Å². The van der Waals surface area contributed by atoms with Gasteiger partial charge in [0.15, 0.2) is 0 Å². The maximum Gasteiger partial charge on any atom is 0.0166 e. The smallest absolute Gasteiger partial charge is 0.0166 e. The van der Waals surface area contributed by atoms with Crippen LogP contribution >= 0.6 is 12.6 Å². The van der Waals surface area contributed by atoms with Crippen molar-refractivity contribution in [2.45, 2.75) is 25.3 Å². The van der Waals surface area contributed by atoms with E-state index in [0.29, 0.717) is 0 Å². The minimum absolute atomic E-state index is 0.877. The van der Waals surface area contributed by atoms with Crippen LogP contribution in [-0.4, -0.2) is 29.8 Å². The third-order valence-corrected chi connectivity index (χ3v) is 3.35. The molecular weight excluding hydrogens is 166 g/mol. The fourth-order valence-electron chi connectivity index (χ4n) is 2.53. The van der Waals surface area contributed by atoms with Crippen LogP contribution in [0.2, 0.25) is 0 Å². The van der Waals surface area contributed by atoms with Crippen molar-refractivity contribution in [2.75, 3.05) is 18.8 Å². The second kappa shape index (κ2) is 3.84. The predicted molar refractivity (Wildman–Crippen MR) is 55.7 cm³/mol. The van der Waals surface area contributed by atoms with Gasteiger partial charge < -0.3 is 0 Å². The van der Waals surface area contributed by atoms with Crippen molar-refractivity contribution in [1.82, 2.24) is 4.90 Å². The molecule has 0 aromatic rings. The third-order valence-electron chi connectivity index (χ3n) is 3.13. The second-order valence-corrected chi connectivity index (χ2v) is 4.31. The highest BCUT2D eigenvalue weighted by molar-refractivity contribution is 7.80. The van der Waals surface area contributed by atoms with E-state index in [1.807, 2.05) is 0 Å². The summed E-state index contributed by atoms with van der Waals surface area (Å²) in [6.07, 6.45) is 8.80. The van der Waals surface area contributed by atoms with E-state index in [2.05, 4.69) is 29.7 Å². The van der Waals surface area contributed by atoms with Gasteiger partial charge in [-0.1, -0.05) is 12.2 Å². The fourth-order valence-corrected chi connectivity index (χ4v) is 2.68. The summed E-state index contributed by atoms with van der Waals surface area (Å²) in [4.78, 5) is 2.62. The van der Waals surface area contributed by atoms with Crippen molar-refractivity contribution in [2.24, 2.45) is 5.92 Å². The summed E-state index contributed by atoms with van der Waals surface area (Å²) >= 11 is 4.15. The van der Waals surface area contributed by atoms with E-state index in [-0.39, 0.29) is 0 Å². The molecule has 1 aliphatic carbocycles. The molecule has 12 heavy (non-hydrogen) atoms. The highest BCUT2D eigenvalue weighted by Gasteiger charge is 2.36. The Morgan fingerprint density at radius 1 is 1.33 bits per heavy atom. The molecule has 2 bridgehead atoms. The Labute approximate surface area is 80.2 Å². The molecule has 1 saturated heterocycles. The van der Waals surface area contributed by atoms with Crippen molar-refractivity contribution in [1.29, 1.82) is 0 Å². The maximum absolute atomic E-state index is 4.15. The largest absolute Gasteiger partial charge is 0.296 e. The average Bonchev–Trinajstić information content (AvgIpc) is 2.65.